The van der Waals surface area contributed by atoms with Crippen LogP contribution in [0.3, 0.4) is 0 Å². The predicted octanol–water partition coefficient (Wildman–Crippen LogP) is 1.75. The summed E-state index contributed by atoms with van der Waals surface area (Å²) in [6.07, 6.45) is 2.58. The maximum atomic E-state index is 12.1. The third-order valence-corrected chi connectivity index (χ3v) is 3.07. The van der Waals surface area contributed by atoms with E-state index < -0.39 is 5.60 Å². The first-order valence-electron chi connectivity index (χ1n) is 7.18. The quantitative estimate of drug-likeness (QED) is 0.818. The number of nitrogens with zero attached hydrogens (tertiary/aromatic N) is 1. The number of ether oxygens (including phenoxy) is 1. The molecule has 5 heteroatoms. The van der Waals surface area contributed by atoms with Crippen LogP contribution >= 0.6 is 0 Å². The Bertz CT molecular complexity index is 287. The molecule has 5 nitrogen and oxygen atoms in total. The van der Waals surface area contributed by atoms with Gasteiger partial charge in [0.25, 0.3) is 0 Å². The molecule has 1 rings (SSSR count). The Balaban J connectivity index is 2.49. The third kappa shape index (κ3) is 6.25. The van der Waals surface area contributed by atoms with E-state index in [9.17, 15) is 9.90 Å². The summed E-state index contributed by atoms with van der Waals surface area (Å²) < 4.78 is 5.44. The number of piperidine rings is 1. The lowest BCUT2D eigenvalue weighted by molar-refractivity contribution is 0.00976. The van der Waals surface area contributed by atoms with Crippen molar-refractivity contribution in [3.8, 4) is 0 Å². The second kappa shape index (κ2) is 7.10. The summed E-state index contributed by atoms with van der Waals surface area (Å²) in [5.41, 5.74) is -0.452. The van der Waals surface area contributed by atoms with Gasteiger partial charge in [0.15, 0.2) is 0 Å². The summed E-state index contributed by atoms with van der Waals surface area (Å²) in [7, 11) is 0. The van der Waals surface area contributed by atoms with E-state index in [1.165, 1.54) is 0 Å². The summed E-state index contributed by atoms with van der Waals surface area (Å²) in [6.45, 7) is 9.43. The Morgan fingerprint density at radius 1 is 1.47 bits per heavy atom. The van der Waals surface area contributed by atoms with Crippen LogP contribution < -0.4 is 5.32 Å². The molecule has 0 aliphatic carbocycles. The standard InChI is InChI=1S/C14H28N2O3/c1-11(17)9-15-10-12-7-5-6-8-16(12)13(18)19-14(2,3)4/h11-12,15,17H,5-10H2,1-4H3. The first kappa shape index (κ1) is 16.2. The number of carbonyl (C=O) groups is 1. The molecule has 0 aromatic heterocycles. The van der Waals surface area contributed by atoms with Crippen LogP contribution in [-0.2, 0) is 4.74 Å². The molecular weight excluding hydrogens is 244 g/mol. The fourth-order valence-corrected chi connectivity index (χ4v) is 2.23. The zero-order valence-corrected chi connectivity index (χ0v) is 12.6. The van der Waals surface area contributed by atoms with Gasteiger partial charge in [-0.05, 0) is 47.0 Å². The van der Waals surface area contributed by atoms with Crippen LogP contribution in [0, 0.1) is 0 Å². The second-order valence-electron chi connectivity index (χ2n) is 6.33. The summed E-state index contributed by atoms with van der Waals surface area (Å²) in [5, 5.41) is 12.4. The maximum absolute atomic E-state index is 12.1. The number of amides is 1. The van der Waals surface area contributed by atoms with Crippen LogP contribution in [0.1, 0.15) is 47.0 Å². The molecule has 19 heavy (non-hydrogen) atoms. The number of carbonyl (C=O) groups excluding carboxylic acids is 1. The molecule has 1 aliphatic heterocycles. The molecule has 112 valence electrons. The van der Waals surface area contributed by atoms with Crippen molar-refractivity contribution in [2.75, 3.05) is 19.6 Å². The van der Waals surface area contributed by atoms with E-state index in [-0.39, 0.29) is 18.2 Å². The fraction of sp³-hybridized carbons (Fsp3) is 0.929. The lowest BCUT2D eigenvalue weighted by Crippen LogP contribution is -2.50. The molecular formula is C14H28N2O3. The van der Waals surface area contributed by atoms with Gasteiger partial charge < -0.3 is 20.1 Å². The van der Waals surface area contributed by atoms with Gasteiger partial charge in [0.2, 0.25) is 0 Å². The SMILES string of the molecule is CC(O)CNCC1CCCCN1C(=O)OC(C)(C)C. The van der Waals surface area contributed by atoms with Gasteiger partial charge in [0.1, 0.15) is 5.60 Å². The smallest absolute Gasteiger partial charge is 0.410 e. The Morgan fingerprint density at radius 3 is 2.74 bits per heavy atom. The molecule has 2 N–H and O–H groups in total. The zero-order valence-electron chi connectivity index (χ0n) is 12.6. The molecule has 0 spiro atoms. The summed E-state index contributed by atoms with van der Waals surface area (Å²) >= 11 is 0. The van der Waals surface area contributed by atoms with Crippen molar-refractivity contribution in [2.24, 2.45) is 0 Å². The van der Waals surface area contributed by atoms with Crippen LogP contribution in [0.2, 0.25) is 0 Å². The highest BCUT2D eigenvalue weighted by Gasteiger charge is 2.30. The molecule has 1 saturated heterocycles. The Hall–Kier alpha value is -0.810. The van der Waals surface area contributed by atoms with E-state index in [2.05, 4.69) is 5.32 Å². The number of hydrogen-bond donors (Lipinski definition) is 2. The summed E-state index contributed by atoms with van der Waals surface area (Å²) in [6, 6.07) is 0.169. The monoisotopic (exact) mass is 272 g/mol. The molecule has 0 bridgehead atoms. The van der Waals surface area contributed by atoms with Gasteiger partial charge in [0.05, 0.1) is 6.10 Å². The van der Waals surface area contributed by atoms with E-state index in [0.29, 0.717) is 13.1 Å². The van der Waals surface area contributed by atoms with Crippen molar-refractivity contribution in [2.45, 2.75) is 64.7 Å². The lowest BCUT2D eigenvalue weighted by Gasteiger charge is -2.37. The molecule has 2 atom stereocenters. The normalized spacial score (nSPS) is 22.2. The molecule has 0 aromatic carbocycles. The van der Waals surface area contributed by atoms with E-state index in [0.717, 1.165) is 25.8 Å². The van der Waals surface area contributed by atoms with Crippen LogP contribution in [0.15, 0.2) is 0 Å². The minimum Gasteiger partial charge on any atom is -0.444 e. The minimum absolute atomic E-state index is 0.169. The molecule has 2 unspecified atom stereocenters. The van der Waals surface area contributed by atoms with Crippen molar-refractivity contribution in [3.05, 3.63) is 0 Å². The molecule has 1 fully saturated rings. The largest absolute Gasteiger partial charge is 0.444 e. The van der Waals surface area contributed by atoms with Gasteiger partial charge in [-0.15, -0.1) is 0 Å². The molecule has 1 amide bonds. The van der Waals surface area contributed by atoms with Crippen molar-refractivity contribution in [1.29, 1.82) is 0 Å². The lowest BCUT2D eigenvalue weighted by atomic mass is 10.0. The average Bonchev–Trinajstić information content (AvgIpc) is 2.26. The number of aliphatic hydroxyl groups excluding tert-OH is 1. The third-order valence-electron chi connectivity index (χ3n) is 3.07. The van der Waals surface area contributed by atoms with Crippen LogP contribution in [0.4, 0.5) is 4.79 Å². The fourth-order valence-electron chi connectivity index (χ4n) is 2.23. The van der Waals surface area contributed by atoms with Crippen LogP contribution in [0.5, 0.6) is 0 Å². The van der Waals surface area contributed by atoms with E-state index in [1.807, 2.05) is 25.7 Å². The minimum atomic E-state index is -0.452. The molecule has 1 aliphatic rings. The van der Waals surface area contributed by atoms with Gasteiger partial charge in [-0.2, -0.15) is 0 Å². The molecule has 0 saturated carbocycles. The van der Waals surface area contributed by atoms with Crippen LogP contribution in [-0.4, -0.2) is 53.5 Å². The molecule has 1 heterocycles. The van der Waals surface area contributed by atoms with Crippen molar-refractivity contribution >= 4 is 6.09 Å². The summed E-state index contributed by atoms with van der Waals surface area (Å²) in [4.78, 5) is 14.0. The van der Waals surface area contributed by atoms with E-state index in [1.54, 1.807) is 6.92 Å². The number of aliphatic hydroxyl groups is 1. The first-order chi connectivity index (χ1) is 8.79. The van der Waals surface area contributed by atoms with Gasteiger partial charge >= 0.3 is 6.09 Å². The number of rotatable bonds is 4. The van der Waals surface area contributed by atoms with Crippen LogP contribution in [0.25, 0.3) is 0 Å². The topological polar surface area (TPSA) is 61.8 Å². The van der Waals surface area contributed by atoms with Gasteiger partial charge in [0, 0.05) is 25.7 Å². The van der Waals surface area contributed by atoms with Gasteiger partial charge in [-0.25, -0.2) is 4.79 Å². The van der Waals surface area contributed by atoms with Gasteiger partial charge in [-0.1, -0.05) is 0 Å². The zero-order chi connectivity index (χ0) is 14.5. The molecule has 0 radical (unpaired) electrons. The Kier molecular flexibility index (Phi) is 6.07. The predicted molar refractivity (Wildman–Crippen MR) is 75.1 cm³/mol. The highest BCUT2D eigenvalue weighted by atomic mass is 16.6. The summed E-state index contributed by atoms with van der Waals surface area (Å²) in [5.74, 6) is 0. The second-order valence-corrected chi connectivity index (χ2v) is 6.33. The Labute approximate surface area is 116 Å². The van der Waals surface area contributed by atoms with E-state index >= 15 is 0 Å². The average molecular weight is 272 g/mol. The maximum Gasteiger partial charge on any atom is 0.410 e. The molecule has 0 aromatic rings. The highest BCUT2D eigenvalue weighted by molar-refractivity contribution is 5.68. The van der Waals surface area contributed by atoms with Crippen molar-refractivity contribution in [3.63, 3.8) is 0 Å². The van der Waals surface area contributed by atoms with Crippen molar-refractivity contribution in [1.82, 2.24) is 10.2 Å². The Morgan fingerprint density at radius 2 is 2.16 bits per heavy atom. The van der Waals surface area contributed by atoms with Crippen molar-refractivity contribution < 1.29 is 14.6 Å². The highest BCUT2D eigenvalue weighted by Crippen LogP contribution is 2.19. The number of nitrogens with one attached hydrogen (secondary N) is 1. The van der Waals surface area contributed by atoms with Gasteiger partial charge in [-0.3, -0.25) is 0 Å². The number of hydrogen-bond acceptors (Lipinski definition) is 4. The van der Waals surface area contributed by atoms with E-state index in [4.69, 9.17) is 4.74 Å². The number of likely N-dealkylation sites (tertiary alicyclic amines) is 1. The first-order valence-corrected chi connectivity index (χ1v) is 7.18.